The fraction of sp³-hybridized carbons (Fsp3) is 0.833. The van der Waals surface area contributed by atoms with E-state index >= 15 is 0 Å². The van der Waals surface area contributed by atoms with Crippen LogP contribution in [-0.2, 0) is 9.53 Å². The summed E-state index contributed by atoms with van der Waals surface area (Å²) in [6.45, 7) is 3.64. The highest BCUT2D eigenvalue weighted by atomic mass is 79.9. The zero-order valence-electron chi connectivity index (χ0n) is 6.15. The van der Waals surface area contributed by atoms with Crippen molar-refractivity contribution in [2.75, 3.05) is 7.11 Å². The molecule has 4 heteroatoms. The van der Waals surface area contributed by atoms with Crippen LogP contribution in [0.4, 0.5) is 0 Å². The van der Waals surface area contributed by atoms with Crippen molar-refractivity contribution >= 4 is 37.8 Å². The number of hydrogen-bond donors (Lipinski definition) is 0. The number of alkyl halides is 2. The van der Waals surface area contributed by atoms with Crippen LogP contribution in [0, 0.1) is 0 Å². The molecule has 60 valence electrons. The Kier molecular flexibility index (Phi) is 3.88. The second-order valence-corrected chi connectivity index (χ2v) is 5.20. The van der Waals surface area contributed by atoms with Crippen LogP contribution in [0.15, 0.2) is 0 Å². The van der Waals surface area contributed by atoms with Crippen LogP contribution in [0.3, 0.4) is 0 Å². The Bertz CT molecular complexity index is 132. The minimum atomic E-state index is -0.623. The first kappa shape index (κ1) is 10.4. The number of hydrogen-bond acceptors (Lipinski definition) is 2. The fourth-order valence-electron chi connectivity index (χ4n) is 0.362. The van der Waals surface area contributed by atoms with Gasteiger partial charge in [-0.05, 0) is 6.92 Å². The molecule has 0 bridgehead atoms. The first-order valence-electron chi connectivity index (χ1n) is 2.84. The van der Waals surface area contributed by atoms with Crippen molar-refractivity contribution in [2.24, 2.45) is 0 Å². The van der Waals surface area contributed by atoms with Crippen molar-refractivity contribution in [1.82, 2.24) is 0 Å². The van der Waals surface area contributed by atoms with E-state index in [4.69, 9.17) is 0 Å². The summed E-state index contributed by atoms with van der Waals surface area (Å²) in [5.41, 5.74) is 0. The molecule has 0 aliphatic rings. The van der Waals surface area contributed by atoms with Crippen LogP contribution in [-0.4, -0.2) is 22.2 Å². The van der Waals surface area contributed by atoms with Crippen molar-refractivity contribution in [1.29, 1.82) is 0 Å². The molecule has 0 heterocycles. The summed E-state index contributed by atoms with van der Waals surface area (Å²) >= 11 is 6.54. The normalized spacial score (nSPS) is 19.3. The third-order valence-corrected chi connectivity index (χ3v) is 3.87. The second kappa shape index (κ2) is 3.72. The van der Waals surface area contributed by atoms with Gasteiger partial charge in [0.05, 0.1) is 7.11 Å². The third-order valence-electron chi connectivity index (χ3n) is 1.33. The molecule has 0 aromatic heterocycles. The van der Waals surface area contributed by atoms with E-state index < -0.39 is 4.32 Å². The highest BCUT2D eigenvalue weighted by Crippen LogP contribution is 2.28. The largest absolute Gasteiger partial charge is 0.468 e. The molecule has 0 saturated carbocycles. The number of carbonyl (C=O) groups is 1. The molecule has 0 rings (SSSR count). The van der Waals surface area contributed by atoms with Crippen LogP contribution in [0.5, 0.6) is 0 Å². The Hall–Kier alpha value is 0.430. The van der Waals surface area contributed by atoms with Gasteiger partial charge in [-0.1, -0.05) is 38.8 Å². The first-order chi connectivity index (χ1) is 4.42. The molecule has 10 heavy (non-hydrogen) atoms. The third kappa shape index (κ3) is 2.23. The molecule has 0 aliphatic carbocycles. The Morgan fingerprint density at radius 1 is 1.70 bits per heavy atom. The lowest BCUT2D eigenvalue weighted by Crippen LogP contribution is -2.36. The van der Waals surface area contributed by atoms with Crippen molar-refractivity contribution in [3.05, 3.63) is 0 Å². The number of rotatable bonds is 2. The average molecular weight is 274 g/mol. The average Bonchev–Trinajstić information content (AvgIpc) is 1.86. The molecule has 0 aromatic carbocycles. The van der Waals surface area contributed by atoms with Gasteiger partial charge in [-0.25, -0.2) is 0 Å². The number of esters is 1. The maximum Gasteiger partial charge on any atom is 0.323 e. The zero-order valence-corrected chi connectivity index (χ0v) is 9.32. The van der Waals surface area contributed by atoms with Crippen molar-refractivity contribution < 1.29 is 9.53 Å². The molecule has 2 nitrogen and oxygen atoms in total. The number of halogens is 2. The predicted molar refractivity (Wildman–Crippen MR) is 47.7 cm³/mol. The van der Waals surface area contributed by atoms with E-state index in [0.717, 1.165) is 0 Å². The van der Waals surface area contributed by atoms with Gasteiger partial charge in [0.1, 0.15) is 4.32 Å². The molecule has 0 radical (unpaired) electrons. The molecule has 0 spiro atoms. The van der Waals surface area contributed by atoms with Gasteiger partial charge in [-0.3, -0.25) is 4.79 Å². The molecular weight excluding hydrogens is 264 g/mol. The molecule has 0 N–H and O–H groups in total. The molecule has 0 aliphatic heterocycles. The van der Waals surface area contributed by atoms with Gasteiger partial charge in [-0.2, -0.15) is 0 Å². The van der Waals surface area contributed by atoms with E-state index in [1.807, 2.05) is 6.92 Å². The topological polar surface area (TPSA) is 26.3 Å². The van der Waals surface area contributed by atoms with Gasteiger partial charge in [0.2, 0.25) is 0 Å². The Balaban J connectivity index is 4.24. The minimum absolute atomic E-state index is 0.0486. The number of carbonyl (C=O) groups excluding carboxylic acids is 1. The second-order valence-electron chi connectivity index (χ2n) is 2.18. The van der Waals surface area contributed by atoms with Crippen LogP contribution < -0.4 is 0 Å². The summed E-state index contributed by atoms with van der Waals surface area (Å²) in [7, 11) is 1.37. The van der Waals surface area contributed by atoms with Crippen LogP contribution >= 0.6 is 31.9 Å². The van der Waals surface area contributed by atoms with E-state index in [-0.39, 0.29) is 10.8 Å². The summed E-state index contributed by atoms with van der Waals surface area (Å²) in [5.74, 6) is -0.267. The van der Waals surface area contributed by atoms with E-state index in [1.54, 1.807) is 6.92 Å². The van der Waals surface area contributed by atoms with Gasteiger partial charge < -0.3 is 4.74 Å². The summed E-state index contributed by atoms with van der Waals surface area (Å²) < 4.78 is 3.94. The lowest BCUT2D eigenvalue weighted by atomic mass is 10.1. The Morgan fingerprint density at radius 2 is 2.10 bits per heavy atom. The van der Waals surface area contributed by atoms with E-state index in [0.29, 0.717) is 0 Å². The molecule has 0 aromatic rings. The van der Waals surface area contributed by atoms with Gasteiger partial charge in [0.25, 0.3) is 0 Å². The minimum Gasteiger partial charge on any atom is -0.468 e. The summed E-state index contributed by atoms with van der Waals surface area (Å²) in [6.07, 6.45) is 0. The van der Waals surface area contributed by atoms with Crippen LogP contribution in [0.2, 0.25) is 0 Å². The summed E-state index contributed by atoms with van der Waals surface area (Å²) in [6, 6.07) is 0. The SMILES string of the molecule is COC(=O)C(C)(Br)C(C)Br. The molecule has 0 amide bonds. The molecule has 0 fully saturated rings. The fourth-order valence-corrected chi connectivity index (χ4v) is 0.711. The standard InChI is InChI=1S/C6H10Br2O2/c1-4(7)6(2,8)5(9)10-3/h4H,1-3H3. The van der Waals surface area contributed by atoms with Crippen molar-refractivity contribution in [3.8, 4) is 0 Å². The first-order valence-corrected chi connectivity index (χ1v) is 4.55. The smallest absolute Gasteiger partial charge is 0.323 e. The van der Waals surface area contributed by atoms with Crippen molar-refractivity contribution in [2.45, 2.75) is 23.0 Å². The Morgan fingerprint density at radius 3 is 2.20 bits per heavy atom. The van der Waals surface area contributed by atoms with E-state index in [9.17, 15) is 4.79 Å². The van der Waals surface area contributed by atoms with Crippen LogP contribution in [0.1, 0.15) is 13.8 Å². The monoisotopic (exact) mass is 272 g/mol. The molecular formula is C6H10Br2O2. The van der Waals surface area contributed by atoms with Crippen LogP contribution in [0.25, 0.3) is 0 Å². The van der Waals surface area contributed by atoms with Gasteiger partial charge in [-0.15, -0.1) is 0 Å². The van der Waals surface area contributed by atoms with E-state index in [1.165, 1.54) is 7.11 Å². The highest BCUT2D eigenvalue weighted by Gasteiger charge is 2.35. The zero-order chi connectivity index (χ0) is 8.36. The summed E-state index contributed by atoms with van der Waals surface area (Å²) in [5, 5.41) is 0. The maximum atomic E-state index is 11.0. The van der Waals surface area contributed by atoms with E-state index in [2.05, 4.69) is 36.6 Å². The van der Waals surface area contributed by atoms with Crippen molar-refractivity contribution in [3.63, 3.8) is 0 Å². The molecule has 2 unspecified atom stereocenters. The maximum absolute atomic E-state index is 11.0. The highest BCUT2D eigenvalue weighted by molar-refractivity contribution is 9.12. The number of methoxy groups -OCH3 is 1. The lowest BCUT2D eigenvalue weighted by Gasteiger charge is -2.21. The molecule has 2 atom stereocenters. The van der Waals surface area contributed by atoms with Gasteiger partial charge >= 0.3 is 5.97 Å². The number of ether oxygens (including phenoxy) is 1. The predicted octanol–water partition coefficient (Wildman–Crippen LogP) is 2.10. The van der Waals surface area contributed by atoms with Gasteiger partial charge in [0, 0.05) is 4.83 Å². The Labute approximate surface area is 77.6 Å². The molecule has 0 saturated heterocycles. The lowest BCUT2D eigenvalue weighted by molar-refractivity contribution is -0.142. The van der Waals surface area contributed by atoms with Gasteiger partial charge in [0.15, 0.2) is 0 Å². The quantitative estimate of drug-likeness (QED) is 0.569. The summed E-state index contributed by atoms with van der Waals surface area (Å²) in [4.78, 5) is 11.0.